The fourth-order valence-corrected chi connectivity index (χ4v) is 9.90. The fraction of sp³-hybridized carbons (Fsp3) is 0.469. The highest BCUT2D eigenvalue weighted by Crippen LogP contribution is 2.54. The standard InChI is InChI=1S/C49H59N2O6/c1-34(52)53-28-13-7-12-26-49(6)42(50(27-25-43-54-29-30-55-43)40-24-22-36-16-9-11-18-38(36)45(40)49)20-14-19-41-48(4,5)44-37-17-10-8-15-35(37)21-23-39(44)51(41)33-47(2,3)46-56-31-32-57-46/h8-11,14-24,43,46H,7,12-13,25-33H2,1-6H3/q+1. The first-order valence-corrected chi connectivity index (χ1v) is 20.9. The van der Waals surface area contributed by atoms with Gasteiger partial charge >= 0.3 is 5.97 Å². The molecule has 300 valence electrons. The maximum Gasteiger partial charge on any atom is 0.302 e. The molecular formula is C49H59N2O6+. The van der Waals surface area contributed by atoms with E-state index in [0.29, 0.717) is 33.0 Å². The minimum atomic E-state index is -0.271. The lowest BCUT2D eigenvalue weighted by molar-refractivity contribution is -0.463. The van der Waals surface area contributed by atoms with E-state index in [1.807, 2.05) is 0 Å². The van der Waals surface area contributed by atoms with E-state index in [1.165, 1.54) is 62.4 Å². The zero-order chi connectivity index (χ0) is 39.8. The molecule has 8 heteroatoms. The number of nitrogens with zero attached hydrogens (tertiary/aromatic N) is 2. The molecule has 0 aromatic heterocycles. The lowest BCUT2D eigenvalue weighted by Gasteiger charge is -2.31. The molecule has 4 aromatic rings. The van der Waals surface area contributed by atoms with Gasteiger partial charge in [0.25, 0.3) is 0 Å². The molecule has 0 radical (unpaired) electrons. The Morgan fingerprint density at radius 1 is 0.842 bits per heavy atom. The summed E-state index contributed by atoms with van der Waals surface area (Å²) in [4.78, 5) is 14.0. The molecule has 4 aromatic carbocycles. The number of allylic oxidation sites excluding steroid dienone is 4. The van der Waals surface area contributed by atoms with Crippen molar-refractivity contribution >= 4 is 44.6 Å². The van der Waals surface area contributed by atoms with Gasteiger partial charge in [0, 0.05) is 54.4 Å². The lowest BCUT2D eigenvalue weighted by Crippen LogP contribution is -2.39. The summed E-state index contributed by atoms with van der Waals surface area (Å²) < 4.78 is 31.9. The van der Waals surface area contributed by atoms with Gasteiger partial charge < -0.3 is 28.6 Å². The minimum absolute atomic E-state index is 0.202. The van der Waals surface area contributed by atoms with E-state index < -0.39 is 0 Å². The van der Waals surface area contributed by atoms with Gasteiger partial charge in [0.05, 0.1) is 43.9 Å². The van der Waals surface area contributed by atoms with Gasteiger partial charge in [-0.25, -0.2) is 0 Å². The normalized spacial score (nSPS) is 21.9. The van der Waals surface area contributed by atoms with Crippen LogP contribution in [0, 0.1) is 5.41 Å². The quantitative estimate of drug-likeness (QED) is 0.0719. The maximum absolute atomic E-state index is 11.5. The number of carbonyl (C=O) groups is 1. The van der Waals surface area contributed by atoms with Gasteiger partial charge in [-0.2, -0.15) is 4.58 Å². The summed E-state index contributed by atoms with van der Waals surface area (Å²) in [5.41, 5.74) is 6.96. The molecule has 4 aliphatic heterocycles. The highest BCUT2D eigenvalue weighted by molar-refractivity contribution is 6.07. The molecule has 8 nitrogen and oxygen atoms in total. The fourth-order valence-electron chi connectivity index (χ4n) is 9.90. The molecule has 8 rings (SSSR count). The van der Waals surface area contributed by atoms with Crippen LogP contribution in [0.25, 0.3) is 21.5 Å². The van der Waals surface area contributed by atoms with Gasteiger partial charge in [-0.3, -0.25) is 4.79 Å². The van der Waals surface area contributed by atoms with Crippen molar-refractivity contribution < 1.29 is 33.1 Å². The van der Waals surface area contributed by atoms with Crippen LogP contribution in [-0.4, -0.2) is 75.0 Å². The Morgan fingerprint density at radius 2 is 1.49 bits per heavy atom. The van der Waals surface area contributed by atoms with Crippen LogP contribution in [0.3, 0.4) is 0 Å². The van der Waals surface area contributed by atoms with Crippen molar-refractivity contribution in [3.05, 3.63) is 108 Å². The first kappa shape index (κ1) is 39.5. The molecule has 0 N–H and O–H groups in total. The Kier molecular flexibility index (Phi) is 11.2. The average Bonchev–Trinajstić information content (AvgIpc) is 4.00. The number of hydrogen-bond acceptors (Lipinski definition) is 7. The largest absolute Gasteiger partial charge is 0.466 e. The Hall–Kier alpha value is -4.34. The van der Waals surface area contributed by atoms with E-state index in [0.717, 1.165) is 45.2 Å². The number of anilines is 1. The smallest absolute Gasteiger partial charge is 0.302 e. The molecule has 2 fully saturated rings. The summed E-state index contributed by atoms with van der Waals surface area (Å²) in [6, 6.07) is 26.7. The average molecular weight is 772 g/mol. The highest BCUT2D eigenvalue weighted by atomic mass is 16.7. The van der Waals surface area contributed by atoms with Crippen molar-refractivity contribution in [3.63, 3.8) is 0 Å². The molecule has 0 bridgehead atoms. The number of esters is 1. The third-order valence-electron chi connectivity index (χ3n) is 12.6. The first-order chi connectivity index (χ1) is 27.5. The van der Waals surface area contributed by atoms with Gasteiger partial charge in [0.2, 0.25) is 5.69 Å². The summed E-state index contributed by atoms with van der Waals surface area (Å²) in [7, 11) is 0. The van der Waals surface area contributed by atoms with Crippen LogP contribution in [0.5, 0.6) is 0 Å². The van der Waals surface area contributed by atoms with Crippen molar-refractivity contribution in [2.24, 2.45) is 5.41 Å². The summed E-state index contributed by atoms with van der Waals surface area (Å²) in [5, 5.41) is 5.09. The number of fused-ring (bicyclic) bond motifs is 6. The van der Waals surface area contributed by atoms with Crippen molar-refractivity contribution in [1.82, 2.24) is 0 Å². The predicted molar refractivity (Wildman–Crippen MR) is 228 cm³/mol. The van der Waals surface area contributed by atoms with Gasteiger partial charge in [-0.1, -0.05) is 73.5 Å². The van der Waals surface area contributed by atoms with Crippen molar-refractivity contribution in [2.75, 3.05) is 51.0 Å². The van der Waals surface area contributed by atoms with E-state index in [1.54, 1.807) is 0 Å². The second-order valence-electron chi connectivity index (χ2n) is 17.5. The first-order valence-electron chi connectivity index (χ1n) is 20.9. The molecule has 0 spiro atoms. The van der Waals surface area contributed by atoms with Crippen molar-refractivity contribution in [3.8, 4) is 0 Å². The Bertz CT molecular complexity index is 2220. The van der Waals surface area contributed by atoms with Crippen LogP contribution in [0.15, 0.2) is 96.7 Å². The lowest BCUT2D eigenvalue weighted by atomic mass is 9.75. The van der Waals surface area contributed by atoms with Gasteiger partial charge in [0.1, 0.15) is 0 Å². The molecule has 4 heterocycles. The molecule has 0 amide bonds. The number of unbranched alkanes of at least 4 members (excludes halogenated alkanes) is 2. The van der Waals surface area contributed by atoms with Crippen LogP contribution in [0.4, 0.5) is 11.4 Å². The topological polar surface area (TPSA) is 69.5 Å². The number of rotatable bonds is 14. The Labute approximate surface area is 338 Å². The number of benzene rings is 4. The molecular weight excluding hydrogens is 713 g/mol. The van der Waals surface area contributed by atoms with E-state index in [9.17, 15) is 4.79 Å². The zero-order valence-electron chi connectivity index (χ0n) is 34.6. The van der Waals surface area contributed by atoms with Crippen molar-refractivity contribution in [1.29, 1.82) is 0 Å². The molecule has 4 aliphatic rings. The van der Waals surface area contributed by atoms with Gasteiger partial charge in [-0.05, 0) is 92.8 Å². The van der Waals surface area contributed by atoms with Crippen molar-refractivity contribution in [2.45, 2.75) is 97.1 Å². The predicted octanol–water partition coefficient (Wildman–Crippen LogP) is 9.87. The summed E-state index contributed by atoms with van der Waals surface area (Å²) in [6.45, 7) is 17.7. The number of ether oxygens (including phenoxy) is 5. The van der Waals surface area contributed by atoms with Crippen LogP contribution in [0.2, 0.25) is 0 Å². The van der Waals surface area contributed by atoms with E-state index in [4.69, 9.17) is 23.7 Å². The zero-order valence-corrected chi connectivity index (χ0v) is 34.6. The third kappa shape index (κ3) is 7.58. The van der Waals surface area contributed by atoms with E-state index >= 15 is 0 Å². The Morgan fingerprint density at radius 3 is 2.19 bits per heavy atom. The second kappa shape index (κ2) is 16.1. The van der Waals surface area contributed by atoms with E-state index in [-0.39, 0.29) is 34.8 Å². The monoisotopic (exact) mass is 771 g/mol. The molecule has 0 aliphatic carbocycles. The SMILES string of the molecule is CC(=O)OCCCCCC1(C)C(=CC=CC2=[N+](CC(C)(C)C3OCCO3)c3ccc4ccccc4c3C2(C)C)N(CCC2OCCO2)c2ccc3ccccc3c21. The van der Waals surface area contributed by atoms with Crippen LogP contribution >= 0.6 is 0 Å². The summed E-state index contributed by atoms with van der Waals surface area (Å²) in [5.74, 6) is -0.219. The number of carbonyl (C=O) groups excluding carboxylic acids is 1. The Balaban J connectivity index is 1.22. The van der Waals surface area contributed by atoms with Crippen LogP contribution in [0.1, 0.15) is 84.8 Å². The summed E-state index contributed by atoms with van der Waals surface area (Å²) in [6.07, 6.45) is 11.1. The molecule has 2 saturated heterocycles. The minimum Gasteiger partial charge on any atom is -0.466 e. The number of hydrogen-bond donors (Lipinski definition) is 0. The van der Waals surface area contributed by atoms with Gasteiger partial charge in [-0.15, -0.1) is 0 Å². The second-order valence-corrected chi connectivity index (χ2v) is 17.5. The molecule has 0 saturated carbocycles. The third-order valence-corrected chi connectivity index (χ3v) is 12.6. The van der Waals surface area contributed by atoms with Gasteiger partial charge in [0.15, 0.2) is 24.8 Å². The molecule has 1 unspecified atom stereocenters. The summed E-state index contributed by atoms with van der Waals surface area (Å²) >= 11 is 0. The molecule has 1 atom stereocenters. The molecule has 57 heavy (non-hydrogen) atoms. The maximum atomic E-state index is 11.5. The van der Waals surface area contributed by atoms with Crippen LogP contribution in [-0.2, 0) is 39.3 Å². The van der Waals surface area contributed by atoms with Crippen LogP contribution < -0.4 is 4.90 Å². The highest BCUT2D eigenvalue weighted by Gasteiger charge is 2.49. The van der Waals surface area contributed by atoms with E-state index in [2.05, 4.69) is 135 Å².